The lowest BCUT2D eigenvalue weighted by atomic mass is 9.74. The minimum Gasteiger partial charge on any atom is -0.468 e. The maximum absolute atomic E-state index is 11.8. The minimum atomic E-state index is -0.458. The molecule has 2 heteroatoms. The molecule has 0 aromatic carbocycles. The van der Waals surface area contributed by atoms with Crippen LogP contribution in [0.1, 0.15) is 12.8 Å². The number of carbonyl (C=O) groups is 1. The minimum absolute atomic E-state index is 0.137. The van der Waals surface area contributed by atoms with Crippen LogP contribution < -0.4 is 0 Å². The summed E-state index contributed by atoms with van der Waals surface area (Å²) in [5.41, 5.74) is 0.677. The third kappa shape index (κ3) is 1.07. The van der Waals surface area contributed by atoms with E-state index in [1.54, 1.807) is 0 Å². The van der Waals surface area contributed by atoms with Gasteiger partial charge in [0.2, 0.25) is 0 Å². The fraction of sp³-hybridized carbons (Fsp3) is 0.417. The summed E-state index contributed by atoms with van der Waals surface area (Å²) in [4.78, 5) is 11.8. The van der Waals surface area contributed by atoms with Crippen molar-refractivity contribution in [1.82, 2.24) is 0 Å². The first-order valence-corrected chi connectivity index (χ1v) is 4.83. The van der Waals surface area contributed by atoms with E-state index in [4.69, 9.17) is 4.74 Å². The van der Waals surface area contributed by atoms with E-state index in [1.807, 2.05) is 24.3 Å². The Hall–Kier alpha value is -1.31. The zero-order valence-electron chi connectivity index (χ0n) is 8.32. The summed E-state index contributed by atoms with van der Waals surface area (Å²) in [6.45, 7) is 4.01. The first-order chi connectivity index (χ1) is 6.70. The van der Waals surface area contributed by atoms with Gasteiger partial charge >= 0.3 is 5.97 Å². The van der Waals surface area contributed by atoms with Crippen molar-refractivity contribution < 1.29 is 9.53 Å². The molecule has 0 radical (unpaired) electrons. The standard InChI is InChI=1S/C12H14O2/c1-9-6-8-12(11(13)14-2)7-4-3-5-10(9)12/h3-5,7,10H,1,6,8H2,2H3/t10-,12-/m1/s1. The zero-order chi connectivity index (χ0) is 10.2. The molecular weight excluding hydrogens is 176 g/mol. The molecule has 2 rings (SSSR count). The van der Waals surface area contributed by atoms with Crippen LogP contribution in [0.15, 0.2) is 36.5 Å². The molecule has 2 aliphatic rings. The molecule has 0 heterocycles. The lowest BCUT2D eigenvalue weighted by molar-refractivity contribution is -0.150. The highest BCUT2D eigenvalue weighted by atomic mass is 16.5. The maximum Gasteiger partial charge on any atom is 0.316 e. The average molecular weight is 190 g/mol. The van der Waals surface area contributed by atoms with E-state index < -0.39 is 5.41 Å². The molecule has 0 unspecified atom stereocenters. The van der Waals surface area contributed by atoms with Gasteiger partial charge in [0.05, 0.1) is 12.5 Å². The molecule has 2 aliphatic carbocycles. The molecule has 0 aliphatic heterocycles. The summed E-state index contributed by atoms with van der Waals surface area (Å²) < 4.78 is 4.88. The van der Waals surface area contributed by atoms with Crippen molar-refractivity contribution >= 4 is 5.97 Å². The van der Waals surface area contributed by atoms with Crippen LogP contribution >= 0.6 is 0 Å². The Kier molecular flexibility index (Phi) is 2.06. The van der Waals surface area contributed by atoms with E-state index in [9.17, 15) is 4.79 Å². The number of carbonyl (C=O) groups excluding carboxylic acids is 1. The van der Waals surface area contributed by atoms with Gasteiger partial charge in [-0.3, -0.25) is 4.79 Å². The van der Waals surface area contributed by atoms with Gasteiger partial charge in [-0.25, -0.2) is 0 Å². The van der Waals surface area contributed by atoms with Gasteiger partial charge in [0.15, 0.2) is 0 Å². The Morgan fingerprint density at radius 2 is 2.43 bits per heavy atom. The second-order valence-electron chi connectivity index (χ2n) is 3.91. The number of methoxy groups -OCH3 is 1. The summed E-state index contributed by atoms with van der Waals surface area (Å²) in [6, 6.07) is 0. The van der Waals surface area contributed by atoms with Crippen molar-refractivity contribution in [3.8, 4) is 0 Å². The number of rotatable bonds is 1. The Morgan fingerprint density at radius 3 is 3.14 bits per heavy atom. The molecule has 0 N–H and O–H groups in total. The molecule has 74 valence electrons. The Balaban J connectivity index is 2.41. The SMILES string of the molecule is C=C1CC[C@]2(C(=O)OC)C=CC=C[C@H]12. The summed E-state index contributed by atoms with van der Waals surface area (Å²) in [5, 5.41) is 0. The maximum atomic E-state index is 11.8. The van der Waals surface area contributed by atoms with Crippen LogP contribution in [0, 0.1) is 11.3 Å². The predicted octanol–water partition coefficient (Wildman–Crippen LogP) is 2.24. The molecule has 2 nitrogen and oxygen atoms in total. The lowest BCUT2D eigenvalue weighted by Gasteiger charge is -2.29. The number of fused-ring (bicyclic) bond motifs is 1. The van der Waals surface area contributed by atoms with Crippen molar-refractivity contribution in [3.05, 3.63) is 36.5 Å². The quantitative estimate of drug-likeness (QED) is 0.468. The predicted molar refractivity (Wildman–Crippen MR) is 54.6 cm³/mol. The van der Waals surface area contributed by atoms with E-state index in [1.165, 1.54) is 7.11 Å². The van der Waals surface area contributed by atoms with Crippen molar-refractivity contribution in [2.24, 2.45) is 11.3 Å². The van der Waals surface area contributed by atoms with Gasteiger partial charge in [0, 0.05) is 5.92 Å². The highest BCUT2D eigenvalue weighted by Crippen LogP contribution is 2.50. The van der Waals surface area contributed by atoms with Crippen molar-refractivity contribution in [2.75, 3.05) is 7.11 Å². The topological polar surface area (TPSA) is 26.3 Å². The second kappa shape index (κ2) is 3.12. The number of ether oxygens (including phenoxy) is 1. The van der Waals surface area contributed by atoms with Gasteiger partial charge in [-0.15, -0.1) is 0 Å². The molecule has 1 saturated carbocycles. The number of esters is 1. The molecule has 0 saturated heterocycles. The first-order valence-electron chi connectivity index (χ1n) is 4.83. The summed E-state index contributed by atoms with van der Waals surface area (Å²) >= 11 is 0. The second-order valence-corrected chi connectivity index (χ2v) is 3.91. The number of hydrogen-bond donors (Lipinski definition) is 0. The largest absolute Gasteiger partial charge is 0.468 e. The third-order valence-corrected chi connectivity index (χ3v) is 3.23. The normalized spacial score (nSPS) is 34.4. The van der Waals surface area contributed by atoms with Crippen LogP contribution in [0.2, 0.25) is 0 Å². The number of allylic oxidation sites excluding steroid dienone is 4. The highest BCUT2D eigenvalue weighted by molar-refractivity contribution is 5.82. The third-order valence-electron chi connectivity index (χ3n) is 3.23. The first kappa shape index (κ1) is 9.25. The Labute approximate surface area is 83.9 Å². The van der Waals surface area contributed by atoms with Crippen LogP contribution in [-0.4, -0.2) is 13.1 Å². The fourth-order valence-corrected chi connectivity index (χ4v) is 2.43. The monoisotopic (exact) mass is 190 g/mol. The van der Waals surface area contributed by atoms with Crippen LogP contribution in [0.5, 0.6) is 0 Å². The van der Waals surface area contributed by atoms with Gasteiger partial charge in [-0.05, 0) is 12.8 Å². The molecule has 1 fully saturated rings. The van der Waals surface area contributed by atoms with Crippen LogP contribution in [0.25, 0.3) is 0 Å². The molecule has 0 amide bonds. The zero-order valence-corrected chi connectivity index (χ0v) is 8.32. The van der Waals surface area contributed by atoms with Gasteiger partial charge in [0.25, 0.3) is 0 Å². The van der Waals surface area contributed by atoms with Crippen LogP contribution in [0.3, 0.4) is 0 Å². The summed E-state index contributed by atoms with van der Waals surface area (Å²) in [5.74, 6) is 0.00157. The lowest BCUT2D eigenvalue weighted by Crippen LogP contribution is -2.34. The molecule has 14 heavy (non-hydrogen) atoms. The molecule has 0 aromatic rings. The van der Waals surface area contributed by atoms with Gasteiger partial charge in [-0.2, -0.15) is 0 Å². The molecule has 0 bridgehead atoms. The summed E-state index contributed by atoms with van der Waals surface area (Å²) in [7, 11) is 1.45. The van der Waals surface area contributed by atoms with E-state index >= 15 is 0 Å². The molecule has 2 atom stereocenters. The highest BCUT2D eigenvalue weighted by Gasteiger charge is 2.49. The van der Waals surface area contributed by atoms with Crippen LogP contribution in [-0.2, 0) is 9.53 Å². The van der Waals surface area contributed by atoms with Gasteiger partial charge < -0.3 is 4.74 Å². The molecule has 0 aromatic heterocycles. The van der Waals surface area contributed by atoms with Crippen molar-refractivity contribution in [1.29, 1.82) is 0 Å². The fourth-order valence-electron chi connectivity index (χ4n) is 2.43. The van der Waals surface area contributed by atoms with Crippen LogP contribution in [0.4, 0.5) is 0 Å². The van der Waals surface area contributed by atoms with Gasteiger partial charge in [0.1, 0.15) is 0 Å². The average Bonchev–Trinajstić information content (AvgIpc) is 2.57. The molecule has 0 spiro atoms. The molecular formula is C12H14O2. The van der Waals surface area contributed by atoms with Gasteiger partial charge in [-0.1, -0.05) is 36.5 Å². The Morgan fingerprint density at radius 1 is 1.64 bits per heavy atom. The Bertz CT molecular complexity index is 338. The smallest absolute Gasteiger partial charge is 0.316 e. The summed E-state index contributed by atoms with van der Waals surface area (Å²) in [6.07, 6.45) is 9.64. The van der Waals surface area contributed by atoms with E-state index in [0.717, 1.165) is 18.4 Å². The van der Waals surface area contributed by atoms with E-state index in [-0.39, 0.29) is 11.9 Å². The van der Waals surface area contributed by atoms with E-state index in [2.05, 4.69) is 6.58 Å². The van der Waals surface area contributed by atoms with E-state index in [0.29, 0.717) is 0 Å². The van der Waals surface area contributed by atoms with Crippen molar-refractivity contribution in [3.63, 3.8) is 0 Å². The number of hydrogen-bond acceptors (Lipinski definition) is 2. The van der Waals surface area contributed by atoms with Crippen molar-refractivity contribution in [2.45, 2.75) is 12.8 Å².